The van der Waals surface area contributed by atoms with Crippen molar-refractivity contribution in [3.05, 3.63) is 34.9 Å². The van der Waals surface area contributed by atoms with Gasteiger partial charge in [-0.2, -0.15) is 0 Å². The van der Waals surface area contributed by atoms with Crippen LogP contribution in [0.15, 0.2) is 18.2 Å². The molecule has 1 aromatic carbocycles. The van der Waals surface area contributed by atoms with Gasteiger partial charge in [0.05, 0.1) is 0 Å². The molecule has 18 heavy (non-hydrogen) atoms. The van der Waals surface area contributed by atoms with Crippen LogP contribution in [0.5, 0.6) is 0 Å². The zero-order valence-corrected chi connectivity index (χ0v) is 13.0. The lowest BCUT2D eigenvalue weighted by Gasteiger charge is -2.09. The summed E-state index contributed by atoms with van der Waals surface area (Å²) in [4.78, 5) is 11.9. The molecule has 0 saturated carbocycles. The standard InChI is InChI=1S/C15H22BrNO/c1-11(10-16)5-4-8-17-15(18)14-7-6-12(2)13(3)9-14/h6-7,9,11H,4-5,8,10H2,1-3H3,(H,17,18). The van der Waals surface area contributed by atoms with Crippen LogP contribution in [0.3, 0.4) is 0 Å². The summed E-state index contributed by atoms with van der Waals surface area (Å²) >= 11 is 3.46. The van der Waals surface area contributed by atoms with Gasteiger partial charge in [0.1, 0.15) is 0 Å². The second kappa shape index (κ2) is 7.57. The fourth-order valence-electron chi connectivity index (χ4n) is 1.71. The molecule has 0 heterocycles. The van der Waals surface area contributed by atoms with Crippen LogP contribution in [0.1, 0.15) is 41.3 Å². The fraction of sp³-hybridized carbons (Fsp3) is 0.533. The Morgan fingerprint density at radius 3 is 2.67 bits per heavy atom. The molecule has 0 bridgehead atoms. The summed E-state index contributed by atoms with van der Waals surface area (Å²) in [5.41, 5.74) is 3.14. The van der Waals surface area contributed by atoms with Crippen molar-refractivity contribution in [1.82, 2.24) is 5.32 Å². The molecular weight excluding hydrogens is 290 g/mol. The molecule has 1 rings (SSSR count). The monoisotopic (exact) mass is 311 g/mol. The van der Waals surface area contributed by atoms with Crippen molar-refractivity contribution in [3.63, 3.8) is 0 Å². The highest BCUT2D eigenvalue weighted by molar-refractivity contribution is 9.09. The first-order chi connectivity index (χ1) is 8.54. The zero-order valence-electron chi connectivity index (χ0n) is 11.4. The number of aryl methyl sites for hydroxylation is 2. The third kappa shape index (κ3) is 4.81. The predicted molar refractivity (Wildman–Crippen MR) is 80.4 cm³/mol. The number of benzene rings is 1. The summed E-state index contributed by atoms with van der Waals surface area (Å²) in [6.45, 7) is 7.05. The van der Waals surface area contributed by atoms with E-state index >= 15 is 0 Å². The second-order valence-electron chi connectivity index (χ2n) is 4.96. The molecule has 0 radical (unpaired) electrons. The number of hydrogen-bond acceptors (Lipinski definition) is 1. The molecule has 1 amide bonds. The molecule has 3 heteroatoms. The maximum absolute atomic E-state index is 11.9. The third-order valence-corrected chi connectivity index (χ3v) is 4.30. The van der Waals surface area contributed by atoms with Crippen LogP contribution in [-0.4, -0.2) is 17.8 Å². The summed E-state index contributed by atoms with van der Waals surface area (Å²) in [6, 6.07) is 5.84. The molecule has 0 aliphatic heterocycles. The summed E-state index contributed by atoms with van der Waals surface area (Å²) in [6.07, 6.45) is 2.17. The molecule has 1 unspecified atom stereocenters. The summed E-state index contributed by atoms with van der Waals surface area (Å²) in [5.74, 6) is 0.702. The molecule has 100 valence electrons. The van der Waals surface area contributed by atoms with Crippen molar-refractivity contribution < 1.29 is 4.79 Å². The molecule has 0 spiro atoms. The average Bonchev–Trinajstić information content (AvgIpc) is 2.37. The Labute approximate surface area is 118 Å². The van der Waals surface area contributed by atoms with Gasteiger partial charge in [-0.05, 0) is 55.9 Å². The Hall–Kier alpha value is -0.830. The van der Waals surface area contributed by atoms with E-state index in [0.29, 0.717) is 5.92 Å². The van der Waals surface area contributed by atoms with E-state index in [1.807, 2.05) is 25.1 Å². The SMILES string of the molecule is Cc1ccc(C(=O)NCCCC(C)CBr)cc1C. The van der Waals surface area contributed by atoms with Crippen LogP contribution in [0.25, 0.3) is 0 Å². The molecule has 0 aliphatic rings. The van der Waals surface area contributed by atoms with Gasteiger partial charge in [-0.25, -0.2) is 0 Å². The summed E-state index contributed by atoms with van der Waals surface area (Å²) in [5, 5.41) is 4.00. The van der Waals surface area contributed by atoms with Crippen molar-refractivity contribution in [2.45, 2.75) is 33.6 Å². The molecule has 0 aliphatic carbocycles. The van der Waals surface area contributed by atoms with Crippen molar-refractivity contribution >= 4 is 21.8 Å². The van der Waals surface area contributed by atoms with E-state index in [9.17, 15) is 4.79 Å². The Morgan fingerprint density at radius 1 is 1.33 bits per heavy atom. The number of carbonyl (C=O) groups is 1. The molecule has 0 saturated heterocycles. The van der Waals surface area contributed by atoms with Gasteiger partial charge in [0.25, 0.3) is 5.91 Å². The molecule has 2 nitrogen and oxygen atoms in total. The Kier molecular flexibility index (Phi) is 6.41. The molecule has 0 aromatic heterocycles. The van der Waals surface area contributed by atoms with Crippen molar-refractivity contribution in [3.8, 4) is 0 Å². The number of hydrogen-bond donors (Lipinski definition) is 1. The lowest BCUT2D eigenvalue weighted by molar-refractivity contribution is 0.0952. The topological polar surface area (TPSA) is 29.1 Å². The van der Waals surface area contributed by atoms with Crippen LogP contribution in [0, 0.1) is 19.8 Å². The third-order valence-electron chi connectivity index (χ3n) is 3.19. The smallest absolute Gasteiger partial charge is 0.251 e. The van der Waals surface area contributed by atoms with E-state index in [1.54, 1.807) is 0 Å². The minimum atomic E-state index is 0.0320. The highest BCUT2D eigenvalue weighted by atomic mass is 79.9. The van der Waals surface area contributed by atoms with Gasteiger partial charge in [0, 0.05) is 17.4 Å². The van der Waals surface area contributed by atoms with Crippen LogP contribution in [-0.2, 0) is 0 Å². The van der Waals surface area contributed by atoms with E-state index in [4.69, 9.17) is 0 Å². The van der Waals surface area contributed by atoms with Crippen molar-refractivity contribution in [2.24, 2.45) is 5.92 Å². The van der Waals surface area contributed by atoms with Gasteiger partial charge >= 0.3 is 0 Å². The maximum Gasteiger partial charge on any atom is 0.251 e. The normalized spacial score (nSPS) is 12.2. The number of carbonyl (C=O) groups excluding carboxylic acids is 1. The average molecular weight is 312 g/mol. The highest BCUT2D eigenvalue weighted by Crippen LogP contribution is 2.10. The van der Waals surface area contributed by atoms with Crippen molar-refractivity contribution in [1.29, 1.82) is 0 Å². The molecule has 1 atom stereocenters. The largest absolute Gasteiger partial charge is 0.352 e. The van der Waals surface area contributed by atoms with E-state index in [-0.39, 0.29) is 5.91 Å². The van der Waals surface area contributed by atoms with Crippen molar-refractivity contribution in [2.75, 3.05) is 11.9 Å². The van der Waals surface area contributed by atoms with Gasteiger partial charge in [-0.1, -0.05) is 28.9 Å². The number of halogens is 1. The lowest BCUT2D eigenvalue weighted by Crippen LogP contribution is -2.24. The van der Waals surface area contributed by atoms with Gasteiger partial charge in [0.2, 0.25) is 0 Å². The van der Waals surface area contributed by atoms with Crippen LogP contribution in [0.4, 0.5) is 0 Å². The number of amides is 1. The molecule has 1 aromatic rings. The molecular formula is C15H22BrNO. The minimum absolute atomic E-state index is 0.0320. The first-order valence-electron chi connectivity index (χ1n) is 6.46. The Morgan fingerprint density at radius 2 is 2.06 bits per heavy atom. The number of nitrogens with one attached hydrogen (secondary N) is 1. The van der Waals surface area contributed by atoms with E-state index < -0.39 is 0 Å². The first kappa shape index (κ1) is 15.2. The van der Waals surface area contributed by atoms with Crippen LogP contribution in [0.2, 0.25) is 0 Å². The summed E-state index contributed by atoms with van der Waals surface area (Å²) < 4.78 is 0. The van der Waals surface area contributed by atoms with E-state index in [1.165, 1.54) is 5.56 Å². The fourth-order valence-corrected chi connectivity index (χ4v) is 2.04. The number of alkyl halides is 1. The Bertz CT molecular complexity index is 403. The maximum atomic E-state index is 11.9. The first-order valence-corrected chi connectivity index (χ1v) is 7.58. The number of rotatable bonds is 6. The lowest BCUT2D eigenvalue weighted by atomic mass is 10.1. The predicted octanol–water partition coefficient (Wildman–Crippen LogP) is 3.84. The van der Waals surface area contributed by atoms with Gasteiger partial charge in [0.15, 0.2) is 0 Å². The zero-order chi connectivity index (χ0) is 13.5. The minimum Gasteiger partial charge on any atom is -0.352 e. The van der Waals surface area contributed by atoms with Crippen LogP contribution < -0.4 is 5.32 Å². The quantitative estimate of drug-likeness (QED) is 0.627. The Balaban J connectivity index is 2.39. The van der Waals surface area contributed by atoms with Gasteiger partial charge in [-0.3, -0.25) is 4.79 Å². The summed E-state index contributed by atoms with van der Waals surface area (Å²) in [7, 11) is 0. The van der Waals surface area contributed by atoms with Gasteiger partial charge in [-0.15, -0.1) is 0 Å². The van der Waals surface area contributed by atoms with E-state index in [2.05, 4.69) is 35.1 Å². The highest BCUT2D eigenvalue weighted by Gasteiger charge is 2.06. The van der Waals surface area contributed by atoms with E-state index in [0.717, 1.165) is 35.8 Å². The van der Waals surface area contributed by atoms with Gasteiger partial charge < -0.3 is 5.32 Å². The molecule has 0 fully saturated rings. The molecule has 1 N–H and O–H groups in total. The second-order valence-corrected chi connectivity index (χ2v) is 5.60. The van der Waals surface area contributed by atoms with Crippen LogP contribution >= 0.6 is 15.9 Å².